The molecular weight excluding hydrogens is 399 g/mol. The number of carbonyl (C=O) groups is 1. The van der Waals surface area contributed by atoms with Crippen molar-refractivity contribution in [2.75, 3.05) is 5.32 Å². The Bertz CT molecular complexity index is 1090. The summed E-state index contributed by atoms with van der Waals surface area (Å²) in [6.45, 7) is 0. The zero-order valence-corrected chi connectivity index (χ0v) is 16.3. The van der Waals surface area contributed by atoms with Crippen molar-refractivity contribution in [2.45, 2.75) is 5.75 Å². The molecule has 8 heteroatoms. The highest BCUT2D eigenvalue weighted by atomic mass is 32.2. The van der Waals surface area contributed by atoms with Crippen LogP contribution in [-0.2, 0) is 20.6 Å². The van der Waals surface area contributed by atoms with Gasteiger partial charge >= 0.3 is 0 Å². The molecule has 0 unspecified atom stereocenters. The van der Waals surface area contributed by atoms with Crippen LogP contribution in [0.25, 0.3) is 11.6 Å². The lowest BCUT2D eigenvalue weighted by atomic mass is 10.1. The summed E-state index contributed by atoms with van der Waals surface area (Å²) in [5, 5.41) is 9.70. The summed E-state index contributed by atoms with van der Waals surface area (Å²) in [7, 11) is -3.62. The quantitative estimate of drug-likeness (QED) is 0.598. The van der Waals surface area contributed by atoms with Gasteiger partial charge in [0.15, 0.2) is 0 Å². The Morgan fingerprint density at radius 2 is 1.75 bits per heavy atom. The molecule has 0 aliphatic carbocycles. The summed E-state index contributed by atoms with van der Waals surface area (Å²) in [5.41, 5.74) is 2.18. The highest BCUT2D eigenvalue weighted by molar-refractivity contribution is 7.88. The van der Waals surface area contributed by atoms with Gasteiger partial charge in [0.25, 0.3) is 5.91 Å². The molecule has 0 spiro atoms. The number of thiophene rings is 1. The lowest BCUT2D eigenvalue weighted by Crippen LogP contribution is -2.15. The fraction of sp³-hybridized carbons (Fsp3) is 0.0500. The molecule has 5 nitrogen and oxygen atoms in total. The average Bonchev–Trinajstić information content (AvgIpc) is 3.16. The fourth-order valence-corrected chi connectivity index (χ4v) is 3.92. The van der Waals surface area contributed by atoms with E-state index in [4.69, 9.17) is 5.14 Å². The third-order valence-corrected chi connectivity index (χ3v) is 5.43. The molecule has 0 fully saturated rings. The molecule has 1 aromatic heterocycles. The van der Waals surface area contributed by atoms with Gasteiger partial charge in [-0.3, -0.25) is 4.79 Å². The molecule has 0 saturated heterocycles. The number of primary sulfonamides is 1. The van der Waals surface area contributed by atoms with Crippen molar-refractivity contribution in [1.82, 2.24) is 0 Å². The standard InChI is InChI=1S/C20H17FN2O3S2/c21-16-7-3-14(4-8-16)12-18(19-2-1-11-27-19)20(24)23-17-9-5-15(6-10-17)13-28(22,25)26/h1-12H,13H2,(H,23,24)(H2,22,25,26)/b18-12+. The Labute approximate surface area is 166 Å². The molecule has 2 aromatic carbocycles. The number of hydrogen-bond donors (Lipinski definition) is 2. The van der Waals surface area contributed by atoms with E-state index < -0.39 is 10.0 Å². The van der Waals surface area contributed by atoms with Crippen LogP contribution in [0.4, 0.5) is 10.1 Å². The molecule has 0 saturated carbocycles. The van der Waals surface area contributed by atoms with E-state index in [9.17, 15) is 17.6 Å². The minimum absolute atomic E-state index is 0.272. The van der Waals surface area contributed by atoms with E-state index >= 15 is 0 Å². The SMILES string of the molecule is NS(=O)(=O)Cc1ccc(NC(=O)/C(=C/c2ccc(F)cc2)c2cccs2)cc1. The summed E-state index contributed by atoms with van der Waals surface area (Å²) >= 11 is 1.42. The number of nitrogens with one attached hydrogen (secondary N) is 1. The van der Waals surface area contributed by atoms with Crippen LogP contribution < -0.4 is 10.5 Å². The molecule has 3 aromatic rings. The van der Waals surface area contributed by atoms with Crippen LogP contribution in [0.3, 0.4) is 0 Å². The first-order chi connectivity index (χ1) is 13.3. The average molecular weight is 416 g/mol. The maximum Gasteiger partial charge on any atom is 0.257 e. The zero-order valence-electron chi connectivity index (χ0n) is 14.6. The molecule has 144 valence electrons. The summed E-state index contributed by atoms with van der Waals surface area (Å²) in [6.07, 6.45) is 1.69. The first-order valence-corrected chi connectivity index (χ1v) is 10.8. The van der Waals surface area contributed by atoms with Gasteiger partial charge in [0.2, 0.25) is 10.0 Å². The molecule has 0 atom stereocenters. The van der Waals surface area contributed by atoms with E-state index in [0.717, 1.165) is 4.88 Å². The Balaban J connectivity index is 1.83. The fourth-order valence-electron chi connectivity index (χ4n) is 2.52. The Morgan fingerprint density at radius 1 is 1.07 bits per heavy atom. The number of amides is 1. The second kappa shape index (κ2) is 8.47. The van der Waals surface area contributed by atoms with E-state index in [-0.39, 0.29) is 17.5 Å². The monoisotopic (exact) mass is 416 g/mol. The zero-order chi connectivity index (χ0) is 20.1. The van der Waals surface area contributed by atoms with E-state index in [2.05, 4.69) is 5.32 Å². The highest BCUT2D eigenvalue weighted by Gasteiger charge is 2.14. The second-order valence-corrected chi connectivity index (χ2v) is 8.61. The molecule has 0 radical (unpaired) electrons. The van der Waals surface area contributed by atoms with Crippen molar-refractivity contribution in [1.29, 1.82) is 0 Å². The third-order valence-electron chi connectivity index (χ3n) is 3.79. The predicted octanol–water partition coefficient (Wildman–Crippen LogP) is 3.86. The molecule has 0 bridgehead atoms. The van der Waals surface area contributed by atoms with Gasteiger partial charge in [-0.1, -0.05) is 30.3 Å². The summed E-state index contributed by atoms with van der Waals surface area (Å²) < 4.78 is 35.4. The number of benzene rings is 2. The van der Waals surface area contributed by atoms with Crippen molar-refractivity contribution in [2.24, 2.45) is 5.14 Å². The normalized spacial score (nSPS) is 12.0. The van der Waals surface area contributed by atoms with Crippen molar-refractivity contribution >= 4 is 44.6 Å². The van der Waals surface area contributed by atoms with Crippen LogP contribution in [0.15, 0.2) is 66.0 Å². The van der Waals surface area contributed by atoms with E-state index in [1.54, 1.807) is 42.5 Å². The van der Waals surface area contributed by atoms with Gasteiger partial charge in [-0.25, -0.2) is 17.9 Å². The van der Waals surface area contributed by atoms with Gasteiger partial charge in [0.05, 0.1) is 11.3 Å². The first-order valence-electron chi connectivity index (χ1n) is 8.22. The maximum absolute atomic E-state index is 13.1. The van der Waals surface area contributed by atoms with Gasteiger partial charge in [-0.15, -0.1) is 11.3 Å². The topological polar surface area (TPSA) is 89.3 Å². The van der Waals surface area contributed by atoms with Gasteiger partial charge in [-0.05, 0) is 52.9 Å². The van der Waals surface area contributed by atoms with E-state index in [0.29, 0.717) is 22.4 Å². The Kier molecular flexibility index (Phi) is 6.03. The summed E-state index contributed by atoms with van der Waals surface area (Å²) in [5.74, 6) is -0.948. The van der Waals surface area contributed by atoms with Crippen LogP contribution >= 0.6 is 11.3 Å². The number of anilines is 1. The van der Waals surface area contributed by atoms with Crippen LogP contribution in [0.1, 0.15) is 16.0 Å². The summed E-state index contributed by atoms with van der Waals surface area (Å²) in [6, 6.07) is 15.9. The molecule has 3 N–H and O–H groups in total. The highest BCUT2D eigenvalue weighted by Crippen LogP contribution is 2.25. The molecular formula is C20H17FN2O3S2. The van der Waals surface area contributed by atoms with Crippen molar-refractivity contribution in [3.8, 4) is 0 Å². The largest absolute Gasteiger partial charge is 0.322 e. The maximum atomic E-state index is 13.1. The molecule has 0 aliphatic rings. The number of rotatable bonds is 6. The van der Waals surface area contributed by atoms with Gasteiger partial charge in [0, 0.05) is 10.6 Å². The number of sulfonamides is 1. The molecule has 28 heavy (non-hydrogen) atoms. The van der Waals surface area contributed by atoms with E-state index in [1.165, 1.54) is 23.5 Å². The lowest BCUT2D eigenvalue weighted by molar-refractivity contribution is -0.111. The Morgan fingerprint density at radius 3 is 2.32 bits per heavy atom. The minimum atomic E-state index is -3.62. The summed E-state index contributed by atoms with van der Waals surface area (Å²) in [4.78, 5) is 13.6. The van der Waals surface area contributed by atoms with Gasteiger partial charge in [-0.2, -0.15) is 0 Å². The van der Waals surface area contributed by atoms with E-state index in [1.807, 2.05) is 17.5 Å². The van der Waals surface area contributed by atoms with Crippen LogP contribution in [-0.4, -0.2) is 14.3 Å². The van der Waals surface area contributed by atoms with Crippen molar-refractivity contribution in [3.05, 3.63) is 87.9 Å². The molecule has 0 aliphatic heterocycles. The number of carbonyl (C=O) groups excluding carboxylic acids is 1. The predicted molar refractivity (Wildman–Crippen MR) is 110 cm³/mol. The smallest absolute Gasteiger partial charge is 0.257 e. The van der Waals surface area contributed by atoms with Crippen molar-refractivity contribution in [3.63, 3.8) is 0 Å². The first kappa shape index (κ1) is 19.9. The molecule has 1 amide bonds. The second-order valence-electron chi connectivity index (χ2n) is 6.05. The third kappa shape index (κ3) is 5.59. The van der Waals surface area contributed by atoms with Crippen LogP contribution in [0.2, 0.25) is 0 Å². The van der Waals surface area contributed by atoms with Gasteiger partial charge < -0.3 is 5.32 Å². The number of nitrogens with two attached hydrogens (primary N) is 1. The lowest BCUT2D eigenvalue weighted by Gasteiger charge is -2.09. The van der Waals surface area contributed by atoms with Crippen molar-refractivity contribution < 1.29 is 17.6 Å². The van der Waals surface area contributed by atoms with Gasteiger partial charge in [0.1, 0.15) is 5.82 Å². The Hall–Kier alpha value is -2.81. The molecule has 1 heterocycles. The van der Waals surface area contributed by atoms with Crippen LogP contribution in [0, 0.1) is 5.82 Å². The number of hydrogen-bond acceptors (Lipinski definition) is 4. The van der Waals surface area contributed by atoms with Crippen LogP contribution in [0.5, 0.6) is 0 Å². The minimum Gasteiger partial charge on any atom is -0.322 e. The number of halogens is 1. The molecule has 3 rings (SSSR count).